The molecule has 1 aromatic carbocycles. The summed E-state index contributed by atoms with van der Waals surface area (Å²) in [5, 5.41) is 15.3. The Morgan fingerprint density at radius 2 is 1.89 bits per heavy atom. The second-order valence-corrected chi connectivity index (χ2v) is 5.24. The lowest BCUT2D eigenvalue weighted by Crippen LogP contribution is -1.96. The van der Waals surface area contributed by atoms with Crippen LogP contribution in [-0.2, 0) is 7.05 Å². The van der Waals surface area contributed by atoms with E-state index >= 15 is 0 Å². The summed E-state index contributed by atoms with van der Waals surface area (Å²) in [5.41, 5.74) is 0.828. The highest BCUT2D eigenvalue weighted by Crippen LogP contribution is 2.31. The number of phenols is 1. The monoisotopic (exact) mass is 272 g/mol. The Morgan fingerprint density at radius 1 is 1.16 bits per heavy atom. The van der Waals surface area contributed by atoms with E-state index in [9.17, 15) is 5.11 Å². The molecule has 0 atom stereocenters. The number of aryl methyl sites for hydroxylation is 2. The SMILES string of the molecule is Cc1nc(Sc2ccc(O)cc2)c2cnn(C)c2n1. The van der Waals surface area contributed by atoms with Crippen molar-refractivity contribution in [3.8, 4) is 5.75 Å². The van der Waals surface area contributed by atoms with E-state index in [0.29, 0.717) is 0 Å². The smallest absolute Gasteiger partial charge is 0.162 e. The number of phenolic OH excluding ortho intramolecular Hbond substituents is 1. The van der Waals surface area contributed by atoms with Crippen molar-refractivity contribution in [2.24, 2.45) is 7.05 Å². The highest BCUT2D eigenvalue weighted by Gasteiger charge is 2.11. The van der Waals surface area contributed by atoms with Crippen molar-refractivity contribution in [1.29, 1.82) is 0 Å². The third-order valence-corrected chi connectivity index (χ3v) is 3.73. The van der Waals surface area contributed by atoms with Gasteiger partial charge in [-0.15, -0.1) is 0 Å². The minimum atomic E-state index is 0.259. The Labute approximate surface area is 114 Å². The van der Waals surface area contributed by atoms with E-state index < -0.39 is 0 Å². The Hall–Kier alpha value is -2.08. The largest absolute Gasteiger partial charge is 0.508 e. The van der Waals surface area contributed by atoms with Gasteiger partial charge in [0.1, 0.15) is 16.6 Å². The van der Waals surface area contributed by atoms with Crippen molar-refractivity contribution in [1.82, 2.24) is 19.7 Å². The Bertz CT molecular complexity index is 736. The highest BCUT2D eigenvalue weighted by molar-refractivity contribution is 7.99. The number of rotatable bonds is 2. The summed E-state index contributed by atoms with van der Waals surface area (Å²) < 4.78 is 1.74. The van der Waals surface area contributed by atoms with Crippen molar-refractivity contribution >= 4 is 22.8 Å². The molecule has 0 aliphatic heterocycles. The minimum absolute atomic E-state index is 0.259. The van der Waals surface area contributed by atoms with Crippen molar-refractivity contribution in [2.45, 2.75) is 16.8 Å². The van der Waals surface area contributed by atoms with E-state index in [1.807, 2.05) is 26.1 Å². The van der Waals surface area contributed by atoms with Crippen LogP contribution in [-0.4, -0.2) is 24.9 Å². The molecule has 5 nitrogen and oxygen atoms in total. The molecule has 1 N–H and O–H groups in total. The molecule has 0 amide bonds. The lowest BCUT2D eigenvalue weighted by molar-refractivity contribution is 0.475. The van der Waals surface area contributed by atoms with E-state index in [2.05, 4.69) is 15.1 Å². The van der Waals surface area contributed by atoms with Gasteiger partial charge in [0.2, 0.25) is 0 Å². The Morgan fingerprint density at radius 3 is 2.63 bits per heavy atom. The molecule has 6 heteroatoms. The van der Waals surface area contributed by atoms with Crippen molar-refractivity contribution in [3.63, 3.8) is 0 Å². The third-order valence-electron chi connectivity index (χ3n) is 2.72. The van der Waals surface area contributed by atoms with Crippen LogP contribution in [0.4, 0.5) is 0 Å². The fourth-order valence-electron chi connectivity index (χ4n) is 1.80. The quantitative estimate of drug-likeness (QED) is 0.726. The maximum Gasteiger partial charge on any atom is 0.162 e. The first-order valence-corrected chi connectivity index (χ1v) is 6.58. The molecule has 3 aromatic rings. The maximum atomic E-state index is 9.29. The van der Waals surface area contributed by atoms with Crippen molar-refractivity contribution in [2.75, 3.05) is 0 Å². The fourth-order valence-corrected chi connectivity index (χ4v) is 2.73. The van der Waals surface area contributed by atoms with Crippen molar-refractivity contribution in [3.05, 3.63) is 36.3 Å². The average Bonchev–Trinajstić information content (AvgIpc) is 2.74. The zero-order chi connectivity index (χ0) is 13.4. The molecule has 0 aliphatic rings. The van der Waals surface area contributed by atoms with Crippen LogP contribution in [0.5, 0.6) is 5.75 Å². The molecule has 96 valence electrons. The van der Waals surface area contributed by atoms with Crippen LogP contribution in [0.1, 0.15) is 5.82 Å². The summed E-state index contributed by atoms with van der Waals surface area (Å²) in [4.78, 5) is 9.87. The summed E-state index contributed by atoms with van der Waals surface area (Å²) in [6, 6.07) is 7.05. The van der Waals surface area contributed by atoms with E-state index in [4.69, 9.17) is 0 Å². The van der Waals surface area contributed by atoms with Crippen molar-refractivity contribution < 1.29 is 5.11 Å². The standard InChI is InChI=1S/C13H12N4OS/c1-8-15-12-11(7-14-17(12)2)13(16-8)19-10-5-3-9(18)4-6-10/h3-7,18H,1-2H3. The van der Waals surface area contributed by atoms with Crippen LogP contribution < -0.4 is 0 Å². The molecule has 0 fully saturated rings. The number of nitrogens with zero attached hydrogens (tertiary/aromatic N) is 4. The first-order valence-electron chi connectivity index (χ1n) is 5.77. The number of aromatic nitrogens is 4. The van der Waals surface area contributed by atoms with Gasteiger partial charge in [0.15, 0.2) is 5.65 Å². The van der Waals surface area contributed by atoms with Gasteiger partial charge in [-0.05, 0) is 31.2 Å². The zero-order valence-corrected chi connectivity index (χ0v) is 11.3. The van der Waals surface area contributed by atoms with Gasteiger partial charge >= 0.3 is 0 Å². The zero-order valence-electron chi connectivity index (χ0n) is 10.5. The minimum Gasteiger partial charge on any atom is -0.508 e. The second-order valence-electron chi connectivity index (χ2n) is 4.18. The number of hydrogen-bond acceptors (Lipinski definition) is 5. The van der Waals surface area contributed by atoms with E-state index in [0.717, 1.165) is 26.8 Å². The van der Waals surface area contributed by atoms with Crippen LogP contribution in [0.3, 0.4) is 0 Å². The van der Waals surface area contributed by atoms with E-state index in [1.54, 1.807) is 23.0 Å². The summed E-state index contributed by atoms with van der Waals surface area (Å²) in [6.45, 7) is 1.87. The maximum absolute atomic E-state index is 9.29. The number of fused-ring (bicyclic) bond motifs is 1. The molecule has 2 heterocycles. The van der Waals surface area contributed by atoms with Gasteiger partial charge in [-0.1, -0.05) is 11.8 Å². The lowest BCUT2D eigenvalue weighted by Gasteiger charge is -2.04. The third kappa shape index (κ3) is 2.26. The fraction of sp³-hybridized carbons (Fsp3) is 0.154. The predicted molar refractivity (Wildman–Crippen MR) is 73.3 cm³/mol. The highest BCUT2D eigenvalue weighted by atomic mass is 32.2. The van der Waals surface area contributed by atoms with Crippen LogP contribution >= 0.6 is 11.8 Å². The first kappa shape index (κ1) is 12.0. The van der Waals surface area contributed by atoms with Gasteiger partial charge in [-0.2, -0.15) is 5.10 Å². The Balaban J connectivity index is 2.07. The van der Waals surface area contributed by atoms with Crippen LogP contribution in [0.15, 0.2) is 40.4 Å². The van der Waals surface area contributed by atoms with Gasteiger partial charge < -0.3 is 5.11 Å². The van der Waals surface area contributed by atoms with Crippen LogP contribution in [0.25, 0.3) is 11.0 Å². The normalized spacial score (nSPS) is 11.1. The molecule has 0 radical (unpaired) electrons. The summed E-state index contributed by atoms with van der Waals surface area (Å²) in [6.07, 6.45) is 1.78. The van der Waals surface area contributed by atoms with Gasteiger partial charge in [0.05, 0.1) is 11.6 Å². The van der Waals surface area contributed by atoms with Gasteiger partial charge in [0.25, 0.3) is 0 Å². The van der Waals surface area contributed by atoms with Gasteiger partial charge in [-0.3, -0.25) is 4.68 Å². The molecular weight excluding hydrogens is 260 g/mol. The molecule has 0 saturated heterocycles. The molecule has 0 unspecified atom stereocenters. The summed E-state index contributed by atoms with van der Waals surface area (Å²) >= 11 is 1.54. The van der Waals surface area contributed by atoms with Gasteiger partial charge in [0, 0.05) is 11.9 Å². The molecular formula is C13H12N4OS. The number of hydrogen-bond donors (Lipinski definition) is 1. The summed E-state index contributed by atoms with van der Waals surface area (Å²) in [7, 11) is 1.86. The molecule has 0 aliphatic carbocycles. The molecule has 2 aromatic heterocycles. The first-order chi connectivity index (χ1) is 9.13. The topological polar surface area (TPSA) is 63.8 Å². The molecule has 0 spiro atoms. The second kappa shape index (κ2) is 4.55. The average molecular weight is 272 g/mol. The Kier molecular flexibility index (Phi) is 2.87. The molecule has 0 bridgehead atoms. The summed E-state index contributed by atoms with van der Waals surface area (Å²) in [5.74, 6) is 0.979. The van der Waals surface area contributed by atoms with Gasteiger partial charge in [-0.25, -0.2) is 9.97 Å². The molecule has 19 heavy (non-hydrogen) atoms. The molecule has 0 saturated carbocycles. The molecule has 3 rings (SSSR count). The van der Waals surface area contributed by atoms with E-state index in [-0.39, 0.29) is 5.75 Å². The number of benzene rings is 1. The van der Waals surface area contributed by atoms with Crippen LogP contribution in [0.2, 0.25) is 0 Å². The van der Waals surface area contributed by atoms with E-state index in [1.165, 1.54) is 11.8 Å². The predicted octanol–water partition coefficient (Wildman–Crippen LogP) is 2.53. The van der Waals surface area contributed by atoms with Crippen LogP contribution in [0, 0.1) is 6.92 Å². The lowest BCUT2D eigenvalue weighted by atomic mass is 10.3. The number of aromatic hydroxyl groups is 1.